The SMILES string of the molecule is COc1cccc(CNc2ccc(-n3ccnc3C)nc2)n1. The first-order chi connectivity index (χ1) is 10.8. The summed E-state index contributed by atoms with van der Waals surface area (Å²) in [7, 11) is 1.61. The minimum Gasteiger partial charge on any atom is -0.481 e. The van der Waals surface area contributed by atoms with Gasteiger partial charge in [0.2, 0.25) is 5.88 Å². The van der Waals surface area contributed by atoms with Crippen molar-refractivity contribution in [1.82, 2.24) is 19.5 Å². The largest absolute Gasteiger partial charge is 0.481 e. The molecule has 0 unspecified atom stereocenters. The summed E-state index contributed by atoms with van der Waals surface area (Å²) in [6.07, 6.45) is 5.46. The molecule has 0 aromatic carbocycles. The van der Waals surface area contributed by atoms with E-state index >= 15 is 0 Å². The fourth-order valence-electron chi connectivity index (χ4n) is 2.12. The molecule has 0 fully saturated rings. The van der Waals surface area contributed by atoms with Crippen molar-refractivity contribution in [2.24, 2.45) is 0 Å². The van der Waals surface area contributed by atoms with E-state index in [1.54, 1.807) is 19.5 Å². The van der Waals surface area contributed by atoms with Crippen LogP contribution < -0.4 is 10.1 Å². The zero-order valence-electron chi connectivity index (χ0n) is 12.5. The zero-order chi connectivity index (χ0) is 15.4. The Morgan fingerprint density at radius 2 is 2.09 bits per heavy atom. The monoisotopic (exact) mass is 295 g/mol. The molecule has 112 valence electrons. The predicted octanol–water partition coefficient (Wildman–Crippen LogP) is 2.59. The van der Waals surface area contributed by atoms with E-state index in [0.29, 0.717) is 12.4 Å². The molecule has 0 spiro atoms. The molecule has 0 aliphatic rings. The Morgan fingerprint density at radius 1 is 1.18 bits per heavy atom. The molecule has 3 aromatic heterocycles. The fraction of sp³-hybridized carbons (Fsp3) is 0.188. The topological polar surface area (TPSA) is 64.9 Å². The molecule has 0 atom stereocenters. The maximum atomic E-state index is 5.12. The van der Waals surface area contributed by atoms with Gasteiger partial charge >= 0.3 is 0 Å². The Hall–Kier alpha value is -2.89. The van der Waals surface area contributed by atoms with Crippen molar-refractivity contribution < 1.29 is 4.74 Å². The number of aromatic nitrogens is 4. The highest BCUT2D eigenvalue weighted by Crippen LogP contribution is 2.13. The van der Waals surface area contributed by atoms with Gasteiger partial charge in [-0.05, 0) is 25.1 Å². The lowest BCUT2D eigenvalue weighted by atomic mass is 10.3. The first-order valence-electron chi connectivity index (χ1n) is 6.96. The third-order valence-electron chi connectivity index (χ3n) is 3.28. The highest BCUT2D eigenvalue weighted by Gasteiger charge is 2.02. The third-order valence-corrected chi connectivity index (χ3v) is 3.28. The van der Waals surface area contributed by atoms with Gasteiger partial charge in [-0.1, -0.05) is 6.07 Å². The van der Waals surface area contributed by atoms with E-state index in [9.17, 15) is 0 Å². The van der Waals surface area contributed by atoms with E-state index in [4.69, 9.17) is 4.74 Å². The summed E-state index contributed by atoms with van der Waals surface area (Å²) in [6.45, 7) is 2.56. The number of anilines is 1. The molecule has 0 saturated heterocycles. The molecule has 1 N–H and O–H groups in total. The van der Waals surface area contributed by atoms with Gasteiger partial charge in [-0.25, -0.2) is 15.0 Å². The van der Waals surface area contributed by atoms with Crippen LogP contribution in [0, 0.1) is 6.92 Å². The van der Waals surface area contributed by atoms with Crippen molar-refractivity contribution >= 4 is 5.69 Å². The van der Waals surface area contributed by atoms with Crippen LogP contribution in [-0.4, -0.2) is 26.6 Å². The van der Waals surface area contributed by atoms with E-state index in [0.717, 1.165) is 23.0 Å². The van der Waals surface area contributed by atoms with Crippen molar-refractivity contribution in [2.45, 2.75) is 13.5 Å². The van der Waals surface area contributed by atoms with Gasteiger partial charge in [0.1, 0.15) is 11.6 Å². The summed E-state index contributed by atoms with van der Waals surface area (Å²) in [5, 5.41) is 3.29. The van der Waals surface area contributed by atoms with Crippen LogP contribution in [0.15, 0.2) is 48.9 Å². The van der Waals surface area contributed by atoms with Crippen LogP contribution >= 0.6 is 0 Å². The zero-order valence-corrected chi connectivity index (χ0v) is 12.5. The van der Waals surface area contributed by atoms with Crippen LogP contribution in [0.5, 0.6) is 5.88 Å². The van der Waals surface area contributed by atoms with E-state index in [-0.39, 0.29) is 0 Å². The molecule has 22 heavy (non-hydrogen) atoms. The quantitative estimate of drug-likeness (QED) is 0.783. The molecule has 3 aromatic rings. The van der Waals surface area contributed by atoms with Crippen molar-refractivity contribution in [3.05, 3.63) is 60.4 Å². The number of pyridine rings is 2. The standard InChI is InChI=1S/C16H17N5O/c1-12-17-8-9-21(12)15-7-6-13(10-19-15)18-11-14-4-3-5-16(20-14)22-2/h3-10,18H,11H2,1-2H3. The maximum absolute atomic E-state index is 5.12. The number of rotatable bonds is 5. The van der Waals surface area contributed by atoms with Crippen LogP contribution in [0.3, 0.4) is 0 Å². The molecule has 0 amide bonds. The molecular weight excluding hydrogens is 278 g/mol. The molecular formula is C16H17N5O. The summed E-state index contributed by atoms with van der Waals surface area (Å²) in [5.74, 6) is 2.37. The van der Waals surface area contributed by atoms with Gasteiger partial charge in [0.15, 0.2) is 0 Å². The lowest BCUT2D eigenvalue weighted by Crippen LogP contribution is -2.04. The molecule has 6 heteroatoms. The molecule has 0 saturated carbocycles. The van der Waals surface area contributed by atoms with Gasteiger partial charge in [0, 0.05) is 18.5 Å². The third kappa shape index (κ3) is 3.06. The maximum Gasteiger partial charge on any atom is 0.213 e. The van der Waals surface area contributed by atoms with Crippen LogP contribution in [0.4, 0.5) is 5.69 Å². The van der Waals surface area contributed by atoms with Gasteiger partial charge in [-0.15, -0.1) is 0 Å². The van der Waals surface area contributed by atoms with Crippen LogP contribution in [-0.2, 0) is 6.54 Å². The number of hydrogen-bond donors (Lipinski definition) is 1. The molecule has 0 radical (unpaired) electrons. The van der Waals surface area contributed by atoms with Crippen molar-refractivity contribution in [2.75, 3.05) is 12.4 Å². The second-order valence-corrected chi connectivity index (χ2v) is 4.77. The normalized spacial score (nSPS) is 10.5. The second kappa shape index (κ2) is 6.26. The first kappa shape index (κ1) is 14.1. The van der Waals surface area contributed by atoms with E-state index < -0.39 is 0 Å². The van der Waals surface area contributed by atoms with Gasteiger partial charge in [0.25, 0.3) is 0 Å². The summed E-state index contributed by atoms with van der Waals surface area (Å²) in [5.41, 5.74) is 1.85. The number of methoxy groups -OCH3 is 1. The molecule has 0 aliphatic carbocycles. The number of aryl methyl sites for hydroxylation is 1. The highest BCUT2D eigenvalue weighted by molar-refractivity contribution is 5.44. The molecule has 0 aliphatic heterocycles. The van der Waals surface area contributed by atoms with Gasteiger partial charge in [-0.3, -0.25) is 4.57 Å². The Kier molecular flexibility index (Phi) is 4.00. The lowest BCUT2D eigenvalue weighted by molar-refractivity contribution is 0.396. The summed E-state index contributed by atoms with van der Waals surface area (Å²) < 4.78 is 7.05. The molecule has 6 nitrogen and oxygen atoms in total. The minimum absolute atomic E-state index is 0.613. The predicted molar refractivity (Wildman–Crippen MR) is 84.2 cm³/mol. The number of hydrogen-bond acceptors (Lipinski definition) is 5. The van der Waals surface area contributed by atoms with Crippen molar-refractivity contribution in [1.29, 1.82) is 0 Å². The van der Waals surface area contributed by atoms with E-state index in [1.807, 2.05) is 48.0 Å². The fourth-order valence-corrected chi connectivity index (χ4v) is 2.12. The van der Waals surface area contributed by atoms with Crippen LogP contribution in [0.1, 0.15) is 11.5 Å². The Bertz CT molecular complexity index is 751. The smallest absolute Gasteiger partial charge is 0.213 e. The average Bonchev–Trinajstić information content (AvgIpc) is 3.00. The van der Waals surface area contributed by atoms with Crippen LogP contribution in [0.25, 0.3) is 5.82 Å². The second-order valence-electron chi connectivity index (χ2n) is 4.77. The Morgan fingerprint density at radius 3 is 2.77 bits per heavy atom. The first-order valence-corrected chi connectivity index (χ1v) is 6.96. The molecule has 0 bridgehead atoms. The Labute approximate surface area is 128 Å². The number of nitrogens with one attached hydrogen (secondary N) is 1. The summed E-state index contributed by atoms with van der Waals surface area (Å²) in [4.78, 5) is 13.0. The molecule has 3 rings (SSSR count). The lowest BCUT2D eigenvalue weighted by Gasteiger charge is -2.08. The van der Waals surface area contributed by atoms with Crippen molar-refractivity contribution in [3.63, 3.8) is 0 Å². The minimum atomic E-state index is 0.613. The van der Waals surface area contributed by atoms with E-state index in [1.165, 1.54) is 0 Å². The van der Waals surface area contributed by atoms with E-state index in [2.05, 4.69) is 20.3 Å². The number of ether oxygens (including phenoxy) is 1. The number of nitrogens with zero attached hydrogens (tertiary/aromatic N) is 4. The number of imidazole rings is 1. The Balaban J connectivity index is 1.67. The van der Waals surface area contributed by atoms with Gasteiger partial charge in [0.05, 0.1) is 31.2 Å². The summed E-state index contributed by atoms with van der Waals surface area (Å²) in [6, 6.07) is 9.64. The van der Waals surface area contributed by atoms with Crippen molar-refractivity contribution in [3.8, 4) is 11.7 Å². The highest BCUT2D eigenvalue weighted by atomic mass is 16.5. The van der Waals surface area contributed by atoms with Crippen LogP contribution in [0.2, 0.25) is 0 Å². The average molecular weight is 295 g/mol. The van der Waals surface area contributed by atoms with Gasteiger partial charge < -0.3 is 10.1 Å². The summed E-state index contributed by atoms with van der Waals surface area (Å²) >= 11 is 0. The molecule has 3 heterocycles. The van der Waals surface area contributed by atoms with Gasteiger partial charge in [-0.2, -0.15) is 0 Å².